The topological polar surface area (TPSA) is 66.0 Å². The Labute approximate surface area is 141 Å². The molecule has 0 saturated carbocycles. The molecule has 0 aliphatic carbocycles. The van der Waals surface area contributed by atoms with Gasteiger partial charge in [0.05, 0.1) is 6.20 Å². The molecule has 124 valence electrons. The Hall–Kier alpha value is -1.75. The van der Waals surface area contributed by atoms with Gasteiger partial charge in [0.1, 0.15) is 0 Å². The Morgan fingerprint density at radius 2 is 1.78 bits per heavy atom. The number of aromatic amines is 1. The number of benzene rings is 1. The number of aromatic nitrogens is 2. The van der Waals surface area contributed by atoms with Crippen LogP contribution in [-0.4, -0.2) is 15.1 Å². The summed E-state index contributed by atoms with van der Waals surface area (Å²) in [5, 5.41) is 9.66. The van der Waals surface area contributed by atoms with Gasteiger partial charge in [0.25, 0.3) is 5.56 Å². The lowest BCUT2D eigenvalue weighted by Crippen LogP contribution is -2.06. The van der Waals surface area contributed by atoms with E-state index in [4.69, 9.17) is 0 Å². The highest BCUT2D eigenvalue weighted by Gasteiger charge is 2.03. The molecule has 0 fully saturated rings. The van der Waals surface area contributed by atoms with Gasteiger partial charge in [-0.25, -0.2) is 4.98 Å². The molecule has 0 aliphatic rings. The summed E-state index contributed by atoms with van der Waals surface area (Å²) >= 11 is 1.38. The fourth-order valence-electron chi connectivity index (χ4n) is 2.37. The minimum absolute atomic E-state index is 0.358. The lowest BCUT2D eigenvalue weighted by Gasteiger charge is -2.04. The van der Waals surface area contributed by atoms with Crippen molar-refractivity contribution < 1.29 is 5.11 Å². The first-order valence-electron chi connectivity index (χ1n) is 8.24. The van der Waals surface area contributed by atoms with Gasteiger partial charge in [-0.05, 0) is 30.5 Å². The lowest BCUT2D eigenvalue weighted by molar-refractivity contribution is 0.460. The fraction of sp³-hybridized carbons (Fsp3) is 0.444. The summed E-state index contributed by atoms with van der Waals surface area (Å²) in [4.78, 5) is 18.9. The minimum atomic E-state index is -0.512. The molecule has 0 unspecified atom stereocenters. The Bertz CT molecular complexity index is 653. The molecule has 2 aromatic rings. The number of nitrogens with one attached hydrogen (secondary N) is 1. The first-order valence-corrected chi connectivity index (χ1v) is 9.05. The maximum atomic E-state index is 11.3. The van der Waals surface area contributed by atoms with Crippen LogP contribution >= 0.6 is 11.8 Å². The number of unbranched alkanes of at least 4 members (excludes halogenated alkanes) is 5. The second-order valence-corrected chi connectivity index (χ2v) is 6.73. The summed E-state index contributed by atoms with van der Waals surface area (Å²) in [5.74, 6) is -0.358. The van der Waals surface area contributed by atoms with Gasteiger partial charge in [-0.3, -0.25) is 9.78 Å². The van der Waals surface area contributed by atoms with Crippen LogP contribution in [0.2, 0.25) is 0 Å². The lowest BCUT2D eigenvalue weighted by atomic mass is 10.1. The van der Waals surface area contributed by atoms with E-state index in [0.29, 0.717) is 5.16 Å². The highest BCUT2D eigenvalue weighted by Crippen LogP contribution is 2.24. The molecule has 2 rings (SSSR count). The van der Waals surface area contributed by atoms with Gasteiger partial charge in [-0.1, -0.05) is 62.9 Å². The third-order valence-electron chi connectivity index (χ3n) is 3.71. The fourth-order valence-corrected chi connectivity index (χ4v) is 3.11. The van der Waals surface area contributed by atoms with Gasteiger partial charge in [-0.2, -0.15) is 0 Å². The molecule has 0 saturated heterocycles. The smallest absolute Gasteiger partial charge is 0.293 e. The monoisotopic (exact) mass is 332 g/mol. The van der Waals surface area contributed by atoms with E-state index in [1.54, 1.807) is 0 Å². The van der Waals surface area contributed by atoms with E-state index in [9.17, 15) is 9.90 Å². The van der Waals surface area contributed by atoms with E-state index in [0.717, 1.165) is 11.3 Å². The van der Waals surface area contributed by atoms with Gasteiger partial charge in [0.2, 0.25) is 0 Å². The van der Waals surface area contributed by atoms with E-state index in [1.807, 2.05) is 12.1 Å². The van der Waals surface area contributed by atoms with E-state index in [2.05, 4.69) is 29.0 Å². The number of aromatic hydroxyl groups is 1. The minimum Gasteiger partial charge on any atom is -0.502 e. The van der Waals surface area contributed by atoms with Crippen LogP contribution in [0.15, 0.2) is 45.3 Å². The highest BCUT2D eigenvalue weighted by atomic mass is 32.2. The predicted octanol–water partition coefficient (Wildman–Crippen LogP) is 4.53. The van der Waals surface area contributed by atoms with E-state index in [1.165, 1.54) is 62.0 Å². The van der Waals surface area contributed by atoms with Crippen molar-refractivity contribution in [1.82, 2.24) is 9.97 Å². The van der Waals surface area contributed by atoms with Crippen LogP contribution in [0.1, 0.15) is 51.0 Å². The molecule has 0 aliphatic heterocycles. The summed E-state index contributed by atoms with van der Waals surface area (Å²) < 4.78 is 0. The van der Waals surface area contributed by atoms with Crippen molar-refractivity contribution in [3.8, 4) is 5.75 Å². The molecule has 0 radical (unpaired) electrons. The Kier molecular flexibility index (Phi) is 7.20. The molecule has 5 heteroatoms. The van der Waals surface area contributed by atoms with Crippen LogP contribution in [-0.2, 0) is 6.42 Å². The summed E-state index contributed by atoms with van der Waals surface area (Å²) in [5.41, 5.74) is 0.833. The zero-order valence-corrected chi connectivity index (χ0v) is 14.4. The quantitative estimate of drug-likeness (QED) is 0.523. The maximum absolute atomic E-state index is 11.3. The SMILES string of the molecule is CCCCCCCCc1ccc(Sc2ncc(O)c(=O)[nH]2)cc1. The average molecular weight is 332 g/mol. The molecule has 1 aromatic heterocycles. The molecule has 4 nitrogen and oxygen atoms in total. The summed E-state index contributed by atoms with van der Waals surface area (Å²) in [7, 11) is 0. The van der Waals surface area contributed by atoms with Crippen molar-refractivity contribution in [3.05, 3.63) is 46.4 Å². The van der Waals surface area contributed by atoms with Crippen LogP contribution in [0.5, 0.6) is 5.75 Å². The zero-order chi connectivity index (χ0) is 16.5. The molecule has 0 amide bonds. The Morgan fingerprint density at radius 3 is 2.48 bits per heavy atom. The van der Waals surface area contributed by atoms with Crippen molar-refractivity contribution in [1.29, 1.82) is 0 Å². The van der Waals surface area contributed by atoms with Crippen LogP contribution in [0, 0.1) is 0 Å². The Morgan fingerprint density at radius 1 is 1.09 bits per heavy atom. The van der Waals surface area contributed by atoms with Crippen LogP contribution in [0.4, 0.5) is 0 Å². The normalized spacial score (nSPS) is 10.8. The van der Waals surface area contributed by atoms with E-state index < -0.39 is 5.56 Å². The average Bonchev–Trinajstić information content (AvgIpc) is 2.56. The van der Waals surface area contributed by atoms with Gasteiger partial charge in [0, 0.05) is 4.90 Å². The van der Waals surface area contributed by atoms with E-state index >= 15 is 0 Å². The summed E-state index contributed by atoms with van der Waals surface area (Å²) in [6, 6.07) is 8.35. The molecule has 0 spiro atoms. The molecular weight excluding hydrogens is 308 g/mol. The van der Waals surface area contributed by atoms with Crippen LogP contribution in [0.25, 0.3) is 0 Å². The van der Waals surface area contributed by atoms with Gasteiger partial charge >= 0.3 is 0 Å². The van der Waals surface area contributed by atoms with Gasteiger partial charge < -0.3 is 5.11 Å². The molecular formula is C18H24N2O2S. The number of rotatable bonds is 9. The first kappa shape index (κ1) is 17.6. The third kappa shape index (κ3) is 6.10. The first-order chi connectivity index (χ1) is 11.2. The van der Waals surface area contributed by atoms with E-state index in [-0.39, 0.29) is 5.75 Å². The van der Waals surface area contributed by atoms with Crippen LogP contribution in [0.3, 0.4) is 0 Å². The predicted molar refractivity (Wildman–Crippen MR) is 94.2 cm³/mol. The van der Waals surface area contributed by atoms with Crippen molar-refractivity contribution in [2.75, 3.05) is 0 Å². The van der Waals surface area contributed by atoms with Crippen molar-refractivity contribution in [2.45, 2.75) is 61.9 Å². The van der Waals surface area contributed by atoms with Crippen molar-refractivity contribution in [3.63, 3.8) is 0 Å². The Balaban J connectivity index is 1.80. The number of hydrogen-bond donors (Lipinski definition) is 2. The molecule has 2 N–H and O–H groups in total. The van der Waals surface area contributed by atoms with Crippen molar-refractivity contribution in [2.24, 2.45) is 0 Å². The largest absolute Gasteiger partial charge is 0.502 e. The molecule has 1 aromatic carbocycles. The van der Waals surface area contributed by atoms with Gasteiger partial charge in [-0.15, -0.1) is 0 Å². The number of hydrogen-bond acceptors (Lipinski definition) is 4. The summed E-state index contributed by atoms with van der Waals surface area (Å²) in [6.45, 7) is 2.24. The molecule has 23 heavy (non-hydrogen) atoms. The third-order valence-corrected chi connectivity index (χ3v) is 4.62. The van der Waals surface area contributed by atoms with Gasteiger partial charge in [0.15, 0.2) is 10.9 Å². The molecule has 0 atom stereocenters. The highest BCUT2D eigenvalue weighted by molar-refractivity contribution is 7.99. The standard InChI is InChI=1S/C18H24N2O2S/c1-2-3-4-5-6-7-8-14-9-11-15(12-10-14)23-18-19-13-16(21)17(22)20-18/h9-13,21H,2-8H2,1H3,(H,19,20,22). The maximum Gasteiger partial charge on any atom is 0.293 e. The second kappa shape index (κ2) is 9.40. The van der Waals surface area contributed by atoms with Crippen molar-refractivity contribution >= 4 is 11.8 Å². The zero-order valence-electron chi connectivity index (χ0n) is 13.5. The number of nitrogens with zero attached hydrogens (tertiary/aromatic N) is 1. The second-order valence-electron chi connectivity index (χ2n) is 5.67. The molecule has 1 heterocycles. The number of aryl methyl sites for hydroxylation is 1. The number of H-pyrrole nitrogens is 1. The molecule has 0 bridgehead atoms. The van der Waals surface area contributed by atoms with Crippen LogP contribution < -0.4 is 5.56 Å². The summed E-state index contributed by atoms with van der Waals surface area (Å²) in [6.07, 6.45) is 10.2.